The van der Waals surface area contributed by atoms with Crippen molar-refractivity contribution in [3.05, 3.63) is 23.7 Å². The van der Waals surface area contributed by atoms with E-state index in [0.717, 1.165) is 25.0 Å². The predicted octanol–water partition coefficient (Wildman–Crippen LogP) is 2.79. The monoisotopic (exact) mass is 138 g/mol. The van der Waals surface area contributed by atoms with Gasteiger partial charge in [0, 0.05) is 6.42 Å². The van der Waals surface area contributed by atoms with Crippen LogP contribution in [0.5, 0.6) is 0 Å². The normalized spacial score (nSPS) is 10.2. The summed E-state index contributed by atoms with van der Waals surface area (Å²) in [5, 5.41) is 0. The van der Waals surface area contributed by atoms with E-state index in [1.54, 1.807) is 0 Å². The van der Waals surface area contributed by atoms with Crippen molar-refractivity contribution in [2.75, 3.05) is 0 Å². The van der Waals surface area contributed by atoms with Crippen LogP contribution in [0.25, 0.3) is 0 Å². The van der Waals surface area contributed by atoms with Crippen LogP contribution in [0.15, 0.2) is 16.7 Å². The lowest BCUT2D eigenvalue weighted by molar-refractivity contribution is 0.504. The standard InChI is InChI=1S/C9H14O/c1-3-5-9-6-8(4-2)7-10-9/h6-7H,3-5H2,1-2H3. The molecule has 0 bridgehead atoms. The average molecular weight is 138 g/mol. The van der Waals surface area contributed by atoms with Gasteiger partial charge in [-0.05, 0) is 24.5 Å². The lowest BCUT2D eigenvalue weighted by atomic mass is 10.2. The lowest BCUT2D eigenvalue weighted by Gasteiger charge is -1.86. The van der Waals surface area contributed by atoms with Crippen molar-refractivity contribution in [2.45, 2.75) is 33.1 Å². The highest BCUT2D eigenvalue weighted by Crippen LogP contribution is 2.09. The molecule has 0 spiro atoms. The second-order valence-corrected chi connectivity index (χ2v) is 2.52. The molecule has 0 aliphatic rings. The van der Waals surface area contributed by atoms with Crippen LogP contribution in [0, 0.1) is 0 Å². The third kappa shape index (κ3) is 1.63. The summed E-state index contributed by atoms with van der Waals surface area (Å²) < 4.78 is 5.30. The minimum Gasteiger partial charge on any atom is -0.469 e. The fraction of sp³-hybridized carbons (Fsp3) is 0.556. The van der Waals surface area contributed by atoms with E-state index in [9.17, 15) is 0 Å². The maximum Gasteiger partial charge on any atom is 0.104 e. The van der Waals surface area contributed by atoms with E-state index in [4.69, 9.17) is 4.42 Å². The molecular weight excluding hydrogens is 124 g/mol. The van der Waals surface area contributed by atoms with Crippen LogP contribution in [0.4, 0.5) is 0 Å². The fourth-order valence-electron chi connectivity index (χ4n) is 0.989. The van der Waals surface area contributed by atoms with Crippen molar-refractivity contribution < 1.29 is 4.42 Å². The van der Waals surface area contributed by atoms with Gasteiger partial charge in [-0.2, -0.15) is 0 Å². The Morgan fingerprint density at radius 2 is 2.20 bits per heavy atom. The van der Waals surface area contributed by atoms with Gasteiger partial charge >= 0.3 is 0 Å². The van der Waals surface area contributed by atoms with Crippen molar-refractivity contribution >= 4 is 0 Å². The largest absolute Gasteiger partial charge is 0.469 e. The Morgan fingerprint density at radius 1 is 1.40 bits per heavy atom. The van der Waals surface area contributed by atoms with E-state index in [1.165, 1.54) is 5.56 Å². The first-order valence-corrected chi connectivity index (χ1v) is 3.93. The molecule has 0 saturated carbocycles. The number of aryl methyl sites for hydroxylation is 2. The van der Waals surface area contributed by atoms with Crippen LogP contribution in [0.2, 0.25) is 0 Å². The zero-order valence-electron chi connectivity index (χ0n) is 6.68. The molecule has 1 nitrogen and oxygen atoms in total. The molecular formula is C9H14O. The molecule has 1 aromatic heterocycles. The van der Waals surface area contributed by atoms with Crippen molar-refractivity contribution in [3.8, 4) is 0 Å². The minimum absolute atomic E-state index is 1.07. The third-order valence-corrected chi connectivity index (χ3v) is 1.61. The zero-order chi connectivity index (χ0) is 7.40. The summed E-state index contributed by atoms with van der Waals surface area (Å²) in [6.45, 7) is 4.30. The van der Waals surface area contributed by atoms with Crippen molar-refractivity contribution in [3.63, 3.8) is 0 Å². The number of hydrogen-bond acceptors (Lipinski definition) is 1. The molecule has 1 rings (SSSR count). The first kappa shape index (κ1) is 7.39. The predicted molar refractivity (Wildman–Crippen MR) is 42.1 cm³/mol. The molecule has 0 fully saturated rings. The summed E-state index contributed by atoms with van der Waals surface area (Å²) in [7, 11) is 0. The van der Waals surface area contributed by atoms with Gasteiger partial charge in [0.15, 0.2) is 0 Å². The molecule has 1 aromatic rings. The Hall–Kier alpha value is -0.720. The summed E-state index contributed by atoms with van der Waals surface area (Å²) in [6, 6.07) is 2.14. The first-order chi connectivity index (χ1) is 4.86. The van der Waals surface area contributed by atoms with Crippen LogP contribution in [0.3, 0.4) is 0 Å². The Bertz CT molecular complexity index is 188. The molecule has 10 heavy (non-hydrogen) atoms. The summed E-state index contributed by atoms with van der Waals surface area (Å²) >= 11 is 0. The van der Waals surface area contributed by atoms with Gasteiger partial charge in [0.1, 0.15) is 5.76 Å². The van der Waals surface area contributed by atoms with E-state index in [0.29, 0.717) is 0 Å². The maximum absolute atomic E-state index is 5.30. The van der Waals surface area contributed by atoms with E-state index in [2.05, 4.69) is 19.9 Å². The summed E-state index contributed by atoms with van der Waals surface area (Å²) in [6.07, 6.45) is 5.16. The van der Waals surface area contributed by atoms with Gasteiger partial charge in [-0.1, -0.05) is 13.8 Å². The van der Waals surface area contributed by atoms with E-state index < -0.39 is 0 Å². The zero-order valence-corrected chi connectivity index (χ0v) is 6.68. The van der Waals surface area contributed by atoms with Crippen molar-refractivity contribution in [1.82, 2.24) is 0 Å². The van der Waals surface area contributed by atoms with Gasteiger partial charge in [-0.25, -0.2) is 0 Å². The average Bonchev–Trinajstić information content (AvgIpc) is 2.37. The van der Waals surface area contributed by atoms with Gasteiger partial charge in [0.2, 0.25) is 0 Å². The van der Waals surface area contributed by atoms with Crippen LogP contribution in [0.1, 0.15) is 31.6 Å². The van der Waals surface area contributed by atoms with Crippen LogP contribution >= 0.6 is 0 Å². The molecule has 0 aliphatic carbocycles. The van der Waals surface area contributed by atoms with Crippen LogP contribution in [-0.2, 0) is 12.8 Å². The van der Waals surface area contributed by atoms with Crippen molar-refractivity contribution in [1.29, 1.82) is 0 Å². The lowest BCUT2D eigenvalue weighted by Crippen LogP contribution is -1.76. The second kappa shape index (κ2) is 3.45. The molecule has 0 atom stereocenters. The van der Waals surface area contributed by atoms with E-state index >= 15 is 0 Å². The summed E-state index contributed by atoms with van der Waals surface area (Å²) in [4.78, 5) is 0. The molecule has 0 saturated heterocycles. The molecule has 0 N–H and O–H groups in total. The van der Waals surface area contributed by atoms with Crippen LogP contribution < -0.4 is 0 Å². The molecule has 0 radical (unpaired) electrons. The third-order valence-electron chi connectivity index (χ3n) is 1.61. The molecule has 1 heteroatoms. The minimum atomic E-state index is 1.07. The quantitative estimate of drug-likeness (QED) is 0.626. The Balaban J connectivity index is 2.59. The van der Waals surface area contributed by atoms with Gasteiger partial charge in [0.25, 0.3) is 0 Å². The van der Waals surface area contributed by atoms with Gasteiger partial charge in [-0.15, -0.1) is 0 Å². The van der Waals surface area contributed by atoms with Crippen molar-refractivity contribution in [2.24, 2.45) is 0 Å². The Labute approximate surface area is 62.1 Å². The number of furan rings is 1. The van der Waals surface area contributed by atoms with E-state index in [1.807, 2.05) is 6.26 Å². The van der Waals surface area contributed by atoms with Gasteiger partial charge in [0.05, 0.1) is 6.26 Å². The van der Waals surface area contributed by atoms with Gasteiger partial charge < -0.3 is 4.42 Å². The first-order valence-electron chi connectivity index (χ1n) is 3.93. The topological polar surface area (TPSA) is 13.1 Å². The molecule has 0 unspecified atom stereocenters. The molecule has 56 valence electrons. The second-order valence-electron chi connectivity index (χ2n) is 2.52. The highest BCUT2D eigenvalue weighted by molar-refractivity contribution is 5.12. The SMILES string of the molecule is CCCc1cc(CC)co1. The number of hydrogen-bond donors (Lipinski definition) is 0. The molecule has 0 aliphatic heterocycles. The Kier molecular flexibility index (Phi) is 2.55. The smallest absolute Gasteiger partial charge is 0.104 e. The highest BCUT2D eigenvalue weighted by Gasteiger charge is 1.96. The Morgan fingerprint density at radius 3 is 2.70 bits per heavy atom. The number of rotatable bonds is 3. The maximum atomic E-state index is 5.30. The molecule has 1 heterocycles. The van der Waals surface area contributed by atoms with Gasteiger partial charge in [-0.3, -0.25) is 0 Å². The van der Waals surface area contributed by atoms with E-state index in [-0.39, 0.29) is 0 Å². The summed E-state index contributed by atoms with van der Waals surface area (Å²) in [5.74, 6) is 1.12. The fourth-order valence-corrected chi connectivity index (χ4v) is 0.989. The van der Waals surface area contributed by atoms with Crippen LogP contribution in [-0.4, -0.2) is 0 Å². The highest BCUT2D eigenvalue weighted by atomic mass is 16.3. The molecule has 0 aromatic carbocycles. The molecule has 0 amide bonds. The summed E-state index contributed by atoms with van der Waals surface area (Å²) in [5.41, 5.74) is 1.31.